The minimum absolute atomic E-state index is 0.0332. The number of carboxylic acid groups (broad SMARTS) is 1. The number of carbonyl (C=O) groups is 2. The van der Waals surface area contributed by atoms with Gasteiger partial charge in [-0.3, -0.25) is 4.79 Å². The largest absolute Gasteiger partial charge is 0.475 e. The Balaban J connectivity index is 1.69. The Morgan fingerprint density at radius 3 is 2.75 bits per heavy atom. The zero-order valence-electron chi connectivity index (χ0n) is 12.7. The number of hydrogen-bond acceptors (Lipinski definition) is 6. The van der Waals surface area contributed by atoms with Crippen LogP contribution in [0.5, 0.6) is 0 Å². The van der Waals surface area contributed by atoms with Crippen LogP contribution in [0.15, 0.2) is 22.7 Å². The molecule has 0 spiro atoms. The van der Waals surface area contributed by atoms with Gasteiger partial charge in [0.15, 0.2) is 5.69 Å². The Morgan fingerprint density at radius 1 is 1.33 bits per heavy atom. The van der Waals surface area contributed by atoms with Crippen molar-refractivity contribution in [1.29, 1.82) is 0 Å². The number of anilines is 1. The van der Waals surface area contributed by atoms with Gasteiger partial charge < -0.3 is 19.7 Å². The predicted molar refractivity (Wildman–Crippen MR) is 85.3 cm³/mol. The number of halogens is 1. The molecule has 1 saturated heterocycles. The maximum absolute atomic E-state index is 12.3. The van der Waals surface area contributed by atoms with E-state index in [4.69, 9.17) is 21.1 Å². The van der Waals surface area contributed by atoms with Crippen molar-refractivity contribution in [2.24, 2.45) is 0 Å². The summed E-state index contributed by atoms with van der Waals surface area (Å²) in [6, 6.07) is 2.81. The first-order chi connectivity index (χ1) is 11.5. The molecule has 0 radical (unpaired) electrons. The van der Waals surface area contributed by atoms with Crippen LogP contribution in [-0.4, -0.2) is 40.0 Å². The fourth-order valence-corrected chi connectivity index (χ4v) is 2.60. The fraction of sp³-hybridized carbons (Fsp3) is 0.333. The molecule has 0 saturated carbocycles. The molecule has 1 aliphatic heterocycles. The van der Waals surface area contributed by atoms with Crippen molar-refractivity contribution in [3.8, 4) is 0 Å². The molecule has 3 rings (SSSR count). The van der Waals surface area contributed by atoms with Crippen molar-refractivity contribution < 1.29 is 19.1 Å². The van der Waals surface area contributed by atoms with Crippen molar-refractivity contribution in [3.05, 3.63) is 40.6 Å². The van der Waals surface area contributed by atoms with E-state index in [9.17, 15) is 9.59 Å². The highest BCUT2D eigenvalue weighted by Crippen LogP contribution is 2.20. The summed E-state index contributed by atoms with van der Waals surface area (Å²) < 4.78 is 5.08. The molecule has 2 N–H and O–H groups in total. The second kappa shape index (κ2) is 6.88. The number of amides is 1. The minimum Gasteiger partial charge on any atom is -0.475 e. The molecule has 126 valence electrons. The molecule has 2 aromatic rings. The third-order valence-electron chi connectivity index (χ3n) is 3.63. The van der Waals surface area contributed by atoms with Crippen LogP contribution in [0, 0.1) is 0 Å². The smallest absolute Gasteiger partial charge is 0.371 e. The van der Waals surface area contributed by atoms with Gasteiger partial charge in [-0.2, -0.15) is 0 Å². The van der Waals surface area contributed by atoms with Gasteiger partial charge in [-0.1, -0.05) is 11.6 Å². The highest BCUT2D eigenvalue weighted by atomic mass is 35.5. The lowest BCUT2D eigenvalue weighted by Gasteiger charge is -2.15. The summed E-state index contributed by atoms with van der Waals surface area (Å²) in [6.45, 7) is 1.74. The molecular weight excluding hydrogens is 336 g/mol. The molecule has 24 heavy (non-hydrogen) atoms. The summed E-state index contributed by atoms with van der Waals surface area (Å²) in [5.74, 6) is -1.02. The second-order valence-electron chi connectivity index (χ2n) is 5.31. The molecule has 0 unspecified atom stereocenters. The van der Waals surface area contributed by atoms with Gasteiger partial charge in [0.05, 0.1) is 17.8 Å². The Morgan fingerprint density at radius 2 is 2.08 bits per heavy atom. The van der Waals surface area contributed by atoms with E-state index in [0.29, 0.717) is 11.7 Å². The molecule has 0 bridgehead atoms. The van der Waals surface area contributed by atoms with Crippen molar-refractivity contribution in [1.82, 2.24) is 15.3 Å². The van der Waals surface area contributed by atoms with E-state index < -0.39 is 11.9 Å². The zero-order chi connectivity index (χ0) is 17.1. The number of rotatable bonds is 5. The monoisotopic (exact) mass is 350 g/mol. The van der Waals surface area contributed by atoms with E-state index in [-0.39, 0.29) is 23.0 Å². The quantitative estimate of drug-likeness (QED) is 0.848. The van der Waals surface area contributed by atoms with E-state index in [2.05, 4.69) is 15.3 Å². The SMILES string of the molecule is O=C(O)c1ccc(CNC(=O)c2nc(N3CCCC3)ncc2Cl)o1. The summed E-state index contributed by atoms with van der Waals surface area (Å²) in [5, 5.41) is 11.6. The molecule has 3 heterocycles. The summed E-state index contributed by atoms with van der Waals surface area (Å²) in [5.41, 5.74) is 0.0820. The van der Waals surface area contributed by atoms with Crippen LogP contribution in [0.2, 0.25) is 5.02 Å². The van der Waals surface area contributed by atoms with Crippen molar-refractivity contribution in [2.45, 2.75) is 19.4 Å². The third-order valence-corrected chi connectivity index (χ3v) is 3.91. The normalized spacial score (nSPS) is 14.0. The van der Waals surface area contributed by atoms with E-state index in [1.807, 2.05) is 4.90 Å². The molecule has 1 amide bonds. The predicted octanol–water partition coefficient (Wildman–Crippen LogP) is 1.95. The lowest BCUT2D eigenvalue weighted by Crippen LogP contribution is -2.26. The average Bonchev–Trinajstić information content (AvgIpc) is 3.24. The van der Waals surface area contributed by atoms with Gasteiger partial charge in [0.2, 0.25) is 11.7 Å². The highest BCUT2D eigenvalue weighted by molar-refractivity contribution is 6.33. The van der Waals surface area contributed by atoms with E-state index in [1.165, 1.54) is 18.3 Å². The summed E-state index contributed by atoms with van der Waals surface area (Å²) in [4.78, 5) is 33.5. The van der Waals surface area contributed by atoms with Crippen LogP contribution >= 0.6 is 11.6 Å². The van der Waals surface area contributed by atoms with Crippen molar-refractivity contribution in [3.63, 3.8) is 0 Å². The van der Waals surface area contributed by atoms with Gasteiger partial charge in [-0.25, -0.2) is 14.8 Å². The molecule has 0 aromatic carbocycles. The number of carbonyl (C=O) groups excluding carboxylic acids is 1. The minimum atomic E-state index is -1.17. The Hall–Kier alpha value is -2.61. The Bertz CT molecular complexity index is 771. The van der Waals surface area contributed by atoms with Gasteiger partial charge in [-0.05, 0) is 25.0 Å². The fourth-order valence-electron chi connectivity index (χ4n) is 2.43. The Labute approximate surface area is 142 Å². The summed E-state index contributed by atoms with van der Waals surface area (Å²) >= 11 is 6.02. The Kier molecular flexibility index (Phi) is 4.66. The summed E-state index contributed by atoms with van der Waals surface area (Å²) in [6.07, 6.45) is 3.54. The van der Waals surface area contributed by atoms with Gasteiger partial charge in [-0.15, -0.1) is 0 Å². The van der Waals surface area contributed by atoms with Gasteiger partial charge in [0, 0.05) is 13.1 Å². The number of furan rings is 1. The highest BCUT2D eigenvalue weighted by Gasteiger charge is 2.20. The van der Waals surface area contributed by atoms with Gasteiger partial charge >= 0.3 is 5.97 Å². The first-order valence-electron chi connectivity index (χ1n) is 7.42. The lowest BCUT2D eigenvalue weighted by molar-refractivity contribution is 0.0660. The number of aromatic carboxylic acids is 1. The van der Waals surface area contributed by atoms with Crippen LogP contribution in [0.25, 0.3) is 0 Å². The molecule has 0 aliphatic carbocycles. The third kappa shape index (κ3) is 3.48. The second-order valence-corrected chi connectivity index (χ2v) is 5.72. The van der Waals surface area contributed by atoms with Gasteiger partial charge in [0.1, 0.15) is 5.76 Å². The molecule has 1 aliphatic rings. The van der Waals surface area contributed by atoms with Crippen molar-refractivity contribution >= 4 is 29.4 Å². The van der Waals surface area contributed by atoms with E-state index in [1.54, 1.807) is 0 Å². The van der Waals surface area contributed by atoms with Crippen LogP contribution < -0.4 is 10.2 Å². The molecule has 8 nitrogen and oxygen atoms in total. The molecule has 2 aromatic heterocycles. The van der Waals surface area contributed by atoms with E-state index >= 15 is 0 Å². The number of carboxylic acids is 1. The standard InChI is InChI=1S/C15H15ClN4O4/c16-10-8-18-15(20-5-1-2-6-20)19-12(10)13(21)17-7-9-3-4-11(24-9)14(22)23/h3-4,8H,1-2,5-7H2,(H,17,21)(H,22,23). The zero-order valence-corrected chi connectivity index (χ0v) is 13.4. The van der Waals surface area contributed by atoms with Gasteiger partial charge in [0.25, 0.3) is 5.91 Å². The molecular formula is C15H15ClN4O4. The molecule has 9 heteroatoms. The molecule has 1 fully saturated rings. The topological polar surface area (TPSA) is 109 Å². The lowest BCUT2D eigenvalue weighted by atomic mass is 10.3. The maximum atomic E-state index is 12.3. The number of hydrogen-bond donors (Lipinski definition) is 2. The number of nitrogens with one attached hydrogen (secondary N) is 1. The van der Waals surface area contributed by atoms with Crippen molar-refractivity contribution in [2.75, 3.05) is 18.0 Å². The first kappa shape index (κ1) is 16.3. The number of aromatic nitrogens is 2. The first-order valence-corrected chi connectivity index (χ1v) is 7.80. The van der Waals surface area contributed by atoms with Crippen LogP contribution in [0.1, 0.15) is 39.6 Å². The van der Waals surface area contributed by atoms with E-state index in [0.717, 1.165) is 25.9 Å². The maximum Gasteiger partial charge on any atom is 0.371 e. The summed E-state index contributed by atoms with van der Waals surface area (Å²) in [7, 11) is 0. The van der Waals surface area contributed by atoms with Crippen LogP contribution in [0.4, 0.5) is 5.95 Å². The number of nitrogens with zero attached hydrogens (tertiary/aromatic N) is 3. The molecule has 0 atom stereocenters. The van der Waals surface area contributed by atoms with Crippen LogP contribution in [-0.2, 0) is 6.54 Å². The average molecular weight is 351 g/mol. The van der Waals surface area contributed by atoms with Crippen LogP contribution in [0.3, 0.4) is 0 Å².